The van der Waals surface area contributed by atoms with E-state index in [1.165, 1.54) is 0 Å². The maximum Gasteiger partial charge on any atom is 0.247 e. The molecule has 1 N–H and O–H groups in total. The molecule has 4 aromatic rings. The molecule has 0 fully saturated rings. The second-order valence-electron chi connectivity index (χ2n) is 4.94. The van der Waals surface area contributed by atoms with Crippen LogP contribution >= 0.6 is 0 Å². The van der Waals surface area contributed by atoms with Crippen LogP contribution in [0.5, 0.6) is 0 Å². The summed E-state index contributed by atoms with van der Waals surface area (Å²) in [6.45, 7) is 0. The van der Waals surface area contributed by atoms with Crippen molar-refractivity contribution >= 4 is 11.6 Å². The Labute approximate surface area is 141 Å². The van der Waals surface area contributed by atoms with Crippen molar-refractivity contribution in [1.82, 2.24) is 20.6 Å². The van der Waals surface area contributed by atoms with Crippen molar-refractivity contribution in [3.05, 3.63) is 60.7 Å². The number of anilines is 1. The van der Waals surface area contributed by atoms with E-state index in [-0.39, 0.29) is 5.82 Å². The maximum atomic E-state index is 4.77. The van der Waals surface area contributed by atoms with Crippen LogP contribution < -0.4 is 5.43 Å². The third-order valence-corrected chi connectivity index (χ3v) is 3.35. The maximum absolute atomic E-state index is 4.77. The molecule has 0 aliphatic heterocycles. The molecule has 0 unspecified atom stereocenters. The Kier molecular flexibility index (Phi) is 3.94. The molecule has 0 saturated heterocycles. The van der Waals surface area contributed by atoms with Crippen molar-refractivity contribution < 1.29 is 9.26 Å². The van der Waals surface area contributed by atoms with E-state index in [0.717, 1.165) is 11.1 Å². The smallest absolute Gasteiger partial charge is 0.242 e. The highest BCUT2D eigenvalue weighted by Gasteiger charge is 2.13. The van der Waals surface area contributed by atoms with Crippen molar-refractivity contribution in [2.75, 3.05) is 5.43 Å². The minimum Gasteiger partial charge on any atom is -0.242 e. The molecule has 0 amide bonds. The summed E-state index contributed by atoms with van der Waals surface area (Å²) in [5.74, 6) is 0.587. The summed E-state index contributed by atoms with van der Waals surface area (Å²) < 4.78 is 9.52. The highest BCUT2D eigenvalue weighted by molar-refractivity contribution is 5.70. The Hall–Kier alpha value is -3.88. The molecule has 0 aliphatic carbocycles. The van der Waals surface area contributed by atoms with E-state index in [1.54, 1.807) is 0 Å². The lowest BCUT2D eigenvalue weighted by Gasteiger charge is -1.97. The summed E-state index contributed by atoms with van der Waals surface area (Å²) in [4.78, 5) is 0. The van der Waals surface area contributed by atoms with Crippen LogP contribution in [0.3, 0.4) is 0 Å². The molecular weight excluding hydrogens is 322 g/mol. The molecule has 0 bridgehead atoms. The van der Waals surface area contributed by atoms with Crippen LogP contribution in [0.15, 0.2) is 80.3 Å². The molecule has 2 aromatic carbocycles. The van der Waals surface area contributed by atoms with Crippen LogP contribution in [0.2, 0.25) is 0 Å². The van der Waals surface area contributed by atoms with Gasteiger partial charge >= 0.3 is 0 Å². The molecule has 0 aliphatic rings. The van der Waals surface area contributed by atoms with E-state index >= 15 is 0 Å². The van der Waals surface area contributed by atoms with Crippen molar-refractivity contribution in [1.29, 1.82) is 0 Å². The largest absolute Gasteiger partial charge is 0.247 e. The third kappa shape index (κ3) is 3.11. The SMILES string of the molecule is c1ccc(-c2nonc2N=NNc2nonc2-c2ccccc2)cc1. The summed E-state index contributed by atoms with van der Waals surface area (Å²) >= 11 is 0. The first-order chi connectivity index (χ1) is 12.4. The average molecular weight is 333 g/mol. The van der Waals surface area contributed by atoms with E-state index in [1.807, 2.05) is 60.7 Å². The highest BCUT2D eigenvalue weighted by Crippen LogP contribution is 2.27. The molecule has 122 valence electrons. The third-order valence-electron chi connectivity index (χ3n) is 3.35. The van der Waals surface area contributed by atoms with Gasteiger partial charge in [0, 0.05) is 11.1 Å². The van der Waals surface area contributed by atoms with Gasteiger partial charge in [-0.3, -0.25) is 0 Å². The van der Waals surface area contributed by atoms with E-state index in [0.29, 0.717) is 17.2 Å². The summed E-state index contributed by atoms with van der Waals surface area (Å²) in [5.41, 5.74) is 5.38. The molecule has 2 heterocycles. The molecule has 4 rings (SSSR count). The summed E-state index contributed by atoms with van der Waals surface area (Å²) in [6, 6.07) is 18.9. The predicted octanol–water partition coefficient (Wildman–Crippen LogP) is 3.90. The molecule has 0 saturated carbocycles. The van der Waals surface area contributed by atoms with Gasteiger partial charge in [-0.1, -0.05) is 65.9 Å². The second kappa shape index (κ2) is 6.71. The van der Waals surface area contributed by atoms with Gasteiger partial charge in [0.05, 0.1) is 0 Å². The Morgan fingerprint density at radius 3 is 2.00 bits per heavy atom. The molecule has 0 radical (unpaired) electrons. The number of rotatable bonds is 5. The summed E-state index contributed by atoms with van der Waals surface area (Å²) in [5, 5.41) is 23.1. The van der Waals surface area contributed by atoms with Crippen LogP contribution in [-0.2, 0) is 0 Å². The first kappa shape index (κ1) is 14.7. The number of hydrogen-bond donors (Lipinski definition) is 1. The Morgan fingerprint density at radius 1 is 0.680 bits per heavy atom. The van der Waals surface area contributed by atoms with Gasteiger partial charge in [0.15, 0.2) is 11.4 Å². The summed E-state index contributed by atoms with van der Waals surface area (Å²) in [7, 11) is 0. The lowest BCUT2D eigenvalue weighted by molar-refractivity contribution is 0.309. The lowest BCUT2D eigenvalue weighted by atomic mass is 10.1. The number of hydrogen-bond acceptors (Lipinski definition) is 8. The number of nitrogens with zero attached hydrogens (tertiary/aromatic N) is 6. The lowest BCUT2D eigenvalue weighted by Crippen LogP contribution is -1.90. The molecule has 25 heavy (non-hydrogen) atoms. The first-order valence-electron chi connectivity index (χ1n) is 7.34. The van der Waals surface area contributed by atoms with Gasteiger partial charge < -0.3 is 0 Å². The standard InChI is InChI=1S/C16H11N7O2/c1-3-7-11(8-4-1)13-15(21-24-19-13)17-23-18-16-14(20-25-22-16)12-9-5-2-6-10-12/h1-10H,(H,17,18,21,22). The molecule has 0 spiro atoms. The van der Waals surface area contributed by atoms with E-state index < -0.39 is 0 Å². The predicted molar refractivity (Wildman–Crippen MR) is 87.6 cm³/mol. The van der Waals surface area contributed by atoms with Gasteiger partial charge in [0.2, 0.25) is 11.6 Å². The fourth-order valence-corrected chi connectivity index (χ4v) is 2.19. The minimum atomic E-state index is 0.247. The Bertz CT molecular complexity index is 980. The fraction of sp³-hybridized carbons (Fsp3) is 0. The number of nitrogens with one attached hydrogen (secondary N) is 1. The zero-order chi connectivity index (χ0) is 16.9. The van der Waals surface area contributed by atoms with Gasteiger partial charge in [-0.15, -0.1) is 5.11 Å². The fourth-order valence-electron chi connectivity index (χ4n) is 2.19. The molecular formula is C16H11N7O2. The Morgan fingerprint density at radius 2 is 1.28 bits per heavy atom. The van der Waals surface area contributed by atoms with Crippen molar-refractivity contribution in [2.45, 2.75) is 0 Å². The molecule has 2 aromatic heterocycles. The van der Waals surface area contributed by atoms with Crippen LogP contribution in [0.1, 0.15) is 0 Å². The van der Waals surface area contributed by atoms with E-state index in [9.17, 15) is 0 Å². The van der Waals surface area contributed by atoms with Gasteiger partial charge in [0.1, 0.15) is 0 Å². The van der Waals surface area contributed by atoms with Crippen LogP contribution in [0, 0.1) is 0 Å². The normalized spacial score (nSPS) is 11.0. The van der Waals surface area contributed by atoms with Crippen molar-refractivity contribution in [3.63, 3.8) is 0 Å². The summed E-state index contributed by atoms with van der Waals surface area (Å²) in [6.07, 6.45) is 0. The monoisotopic (exact) mass is 333 g/mol. The Balaban J connectivity index is 1.54. The zero-order valence-electron chi connectivity index (χ0n) is 12.8. The molecule has 0 atom stereocenters. The van der Waals surface area contributed by atoms with Gasteiger partial charge in [0.25, 0.3) is 0 Å². The van der Waals surface area contributed by atoms with E-state index in [2.05, 4.69) is 36.4 Å². The van der Waals surface area contributed by atoms with Gasteiger partial charge in [-0.25, -0.2) is 14.7 Å². The quantitative estimate of drug-likeness (QED) is 0.435. The minimum absolute atomic E-state index is 0.247. The van der Waals surface area contributed by atoms with Gasteiger partial charge in [-0.05, 0) is 20.6 Å². The van der Waals surface area contributed by atoms with E-state index in [4.69, 9.17) is 9.26 Å². The molecule has 9 heteroatoms. The second-order valence-corrected chi connectivity index (χ2v) is 4.94. The van der Waals surface area contributed by atoms with Gasteiger partial charge in [-0.2, -0.15) is 0 Å². The van der Waals surface area contributed by atoms with Crippen LogP contribution in [0.4, 0.5) is 11.6 Å². The topological polar surface area (TPSA) is 115 Å². The molecule has 9 nitrogen and oxygen atoms in total. The van der Waals surface area contributed by atoms with Crippen molar-refractivity contribution in [3.8, 4) is 22.5 Å². The van der Waals surface area contributed by atoms with Crippen LogP contribution in [-0.4, -0.2) is 20.6 Å². The van der Waals surface area contributed by atoms with Crippen LogP contribution in [0.25, 0.3) is 22.5 Å². The number of aromatic nitrogens is 4. The highest BCUT2D eigenvalue weighted by atomic mass is 16.6. The number of benzene rings is 2. The van der Waals surface area contributed by atoms with Crippen molar-refractivity contribution in [2.24, 2.45) is 10.3 Å². The zero-order valence-corrected chi connectivity index (χ0v) is 12.8. The average Bonchev–Trinajstić information content (AvgIpc) is 3.33. The first-order valence-corrected chi connectivity index (χ1v) is 7.34.